The molecular formula is C6H8Cl2O. The van der Waals surface area contributed by atoms with Crippen LogP contribution in [0.2, 0.25) is 0 Å². The minimum absolute atomic E-state index is 0.187. The first-order valence-corrected chi connectivity index (χ1v) is 3.53. The Kier molecular flexibility index (Phi) is 1.34. The quantitative estimate of drug-likeness (QED) is 0.431. The number of hydrogen-bond acceptors (Lipinski definition) is 1. The molecule has 1 atom stereocenters. The number of alkyl halides is 2. The molecule has 0 aromatic rings. The van der Waals surface area contributed by atoms with Crippen LogP contribution in [0, 0.1) is 11.3 Å². The van der Waals surface area contributed by atoms with Gasteiger partial charge in [0.25, 0.3) is 0 Å². The number of carbonyl (C=O) groups is 1. The van der Waals surface area contributed by atoms with Crippen LogP contribution in [0.3, 0.4) is 0 Å². The number of hydrogen-bond donors (Lipinski definition) is 0. The van der Waals surface area contributed by atoms with Crippen molar-refractivity contribution in [2.75, 3.05) is 0 Å². The molecular weight excluding hydrogens is 159 g/mol. The van der Waals surface area contributed by atoms with E-state index in [1.165, 1.54) is 0 Å². The number of aldehydes is 1. The molecule has 0 aromatic carbocycles. The molecule has 0 radical (unpaired) electrons. The van der Waals surface area contributed by atoms with Crippen LogP contribution < -0.4 is 0 Å². The lowest BCUT2D eigenvalue weighted by Crippen LogP contribution is -1.96. The maximum atomic E-state index is 10.2. The van der Waals surface area contributed by atoms with Gasteiger partial charge in [-0.15, -0.1) is 23.2 Å². The first-order chi connectivity index (χ1) is 3.94. The van der Waals surface area contributed by atoms with Crippen LogP contribution in [0.25, 0.3) is 0 Å². The zero-order chi connectivity index (χ0) is 7.28. The van der Waals surface area contributed by atoms with Crippen LogP contribution >= 0.6 is 23.2 Å². The summed E-state index contributed by atoms with van der Waals surface area (Å²) < 4.78 is -0.811. The summed E-state index contributed by atoms with van der Waals surface area (Å²) in [7, 11) is 0. The summed E-state index contributed by atoms with van der Waals surface area (Å²) in [6.07, 6.45) is 0.819. The molecule has 0 spiro atoms. The third kappa shape index (κ3) is 0.714. The topological polar surface area (TPSA) is 17.1 Å². The summed E-state index contributed by atoms with van der Waals surface area (Å²) in [5.74, 6) is -0.187. The second kappa shape index (κ2) is 1.64. The normalized spacial score (nSPS) is 35.8. The molecule has 1 aliphatic carbocycles. The van der Waals surface area contributed by atoms with Gasteiger partial charge in [0, 0.05) is 5.41 Å². The standard InChI is InChI=1S/C6H8Cl2O/c1-5(2)4(3-9)6(5,7)8/h3-4H,1-2H3. The van der Waals surface area contributed by atoms with Gasteiger partial charge in [-0.3, -0.25) is 0 Å². The van der Waals surface area contributed by atoms with E-state index >= 15 is 0 Å². The molecule has 0 N–H and O–H groups in total. The van der Waals surface area contributed by atoms with E-state index in [1.54, 1.807) is 0 Å². The van der Waals surface area contributed by atoms with E-state index in [0.29, 0.717) is 0 Å². The van der Waals surface area contributed by atoms with Crippen LogP contribution in [-0.4, -0.2) is 10.6 Å². The maximum Gasteiger partial charge on any atom is 0.134 e. The van der Waals surface area contributed by atoms with Crippen molar-refractivity contribution in [3.8, 4) is 0 Å². The third-order valence-electron chi connectivity index (χ3n) is 2.08. The Morgan fingerprint density at radius 2 is 1.78 bits per heavy atom. The molecule has 1 rings (SSSR count). The van der Waals surface area contributed by atoms with Crippen molar-refractivity contribution in [1.29, 1.82) is 0 Å². The lowest BCUT2D eigenvalue weighted by molar-refractivity contribution is -0.109. The Labute approximate surface area is 64.3 Å². The van der Waals surface area contributed by atoms with Crippen LogP contribution in [0.4, 0.5) is 0 Å². The van der Waals surface area contributed by atoms with Gasteiger partial charge in [-0.1, -0.05) is 13.8 Å². The maximum absolute atomic E-state index is 10.2. The minimum Gasteiger partial charge on any atom is -0.303 e. The van der Waals surface area contributed by atoms with Crippen molar-refractivity contribution in [2.24, 2.45) is 11.3 Å². The van der Waals surface area contributed by atoms with E-state index in [2.05, 4.69) is 0 Å². The first-order valence-electron chi connectivity index (χ1n) is 2.77. The molecule has 0 saturated heterocycles. The molecule has 0 aromatic heterocycles. The SMILES string of the molecule is CC1(C)C(C=O)C1(Cl)Cl. The van der Waals surface area contributed by atoms with Crippen molar-refractivity contribution in [2.45, 2.75) is 18.2 Å². The molecule has 1 aliphatic rings. The predicted molar refractivity (Wildman–Crippen MR) is 37.8 cm³/mol. The Morgan fingerprint density at radius 3 is 1.78 bits per heavy atom. The fourth-order valence-corrected chi connectivity index (χ4v) is 1.72. The van der Waals surface area contributed by atoms with E-state index in [-0.39, 0.29) is 11.3 Å². The summed E-state index contributed by atoms with van der Waals surface area (Å²) in [6.45, 7) is 3.76. The average Bonchev–Trinajstić information content (AvgIpc) is 2.00. The lowest BCUT2D eigenvalue weighted by atomic mass is 10.1. The second-order valence-corrected chi connectivity index (χ2v) is 4.34. The molecule has 0 amide bonds. The van der Waals surface area contributed by atoms with Gasteiger partial charge in [-0.05, 0) is 0 Å². The van der Waals surface area contributed by atoms with E-state index in [9.17, 15) is 4.79 Å². The Balaban J connectivity index is 2.77. The molecule has 0 bridgehead atoms. The Bertz CT molecular complexity index is 137. The van der Waals surface area contributed by atoms with Crippen molar-refractivity contribution in [3.63, 3.8) is 0 Å². The van der Waals surface area contributed by atoms with Crippen molar-refractivity contribution < 1.29 is 4.79 Å². The van der Waals surface area contributed by atoms with Crippen molar-refractivity contribution >= 4 is 29.5 Å². The van der Waals surface area contributed by atoms with Crippen molar-refractivity contribution in [3.05, 3.63) is 0 Å². The second-order valence-electron chi connectivity index (χ2n) is 2.96. The first kappa shape index (κ1) is 7.36. The fraction of sp³-hybridized carbons (Fsp3) is 0.833. The molecule has 1 saturated carbocycles. The summed E-state index contributed by atoms with van der Waals surface area (Å²) in [4.78, 5) is 10.2. The lowest BCUT2D eigenvalue weighted by Gasteiger charge is -1.98. The highest BCUT2D eigenvalue weighted by Crippen LogP contribution is 2.67. The highest BCUT2D eigenvalue weighted by Gasteiger charge is 2.70. The highest BCUT2D eigenvalue weighted by atomic mass is 35.5. The Hall–Kier alpha value is 0.250. The number of carbonyl (C=O) groups excluding carboxylic acids is 1. The number of halogens is 2. The molecule has 0 heterocycles. The zero-order valence-electron chi connectivity index (χ0n) is 5.32. The monoisotopic (exact) mass is 166 g/mol. The van der Waals surface area contributed by atoms with E-state index in [0.717, 1.165) is 6.29 Å². The van der Waals surface area contributed by atoms with Crippen LogP contribution in [0.1, 0.15) is 13.8 Å². The van der Waals surface area contributed by atoms with Gasteiger partial charge in [0.15, 0.2) is 0 Å². The van der Waals surface area contributed by atoms with Gasteiger partial charge in [0.05, 0.1) is 5.92 Å². The number of rotatable bonds is 1. The Morgan fingerprint density at radius 1 is 1.44 bits per heavy atom. The highest BCUT2D eigenvalue weighted by molar-refractivity contribution is 6.52. The van der Waals surface area contributed by atoms with E-state index < -0.39 is 4.33 Å². The smallest absolute Gasteiger partial charge is 0.134 e. The zero-order valence-corrected chi connectivity index (χ0v) is 6.83. The summed E-state index contributed by atoms with van der Waals surface area (Å²) in [6, 6.07) is 0. The van der Waals surface area contributed by atoms with Gasteiger partial charge < -0.3 is 4.79 Å². The van der Waals surface area contributed by atoms with Crippen LogP contribution in [0.15, 0.2) is 0 Å². The van der Waals surface area contributed by atoms with Gasteiger partial charge in [-0.25, -0.2) is 0 Å². The van der Waals surface area contributed by atoms with Gasteiger partial charge in [0.2, 0.25) is 0 Å². The largest absolute Gasteiger partial charge is 0.303 e. The van der Waals surface area contributed by atoms with Crippen molar-refractivity contribution in [1.82, 2.24) is 0 Å². The molecule has 1 nitrogen and oxygen atoms in total. The summed E-state index contributed by atoms with van der Waals surface area (Å²) in [5, 5.41) is 0. The molecule has 3 heteroatoms. The van der Waals surface area contributed by atoms with E-state index in [4.69, 9.17) is 23.2 Å². The van der Waals surface area contributed by atoms with Gasteiger partial charge in [-0.2, -0.15) is 0 Å². The van der Waals surface area contributed by atoms with E-state index in [1.807, 2.05) is 13.8 Å². The molecule has 1 unspecified atom stereocenters. The van der Waals surface area contributed by atoms with Gasteiger partial charge >= 0.3 is 0 Å². The molecule has 1 fully saturated rings. The average molecular weight is 167 g/mol. The van der Waals surface area contributed by atoms with Gasteiger partial charge in [0.1, 0.15) is 10.6 Å². The fourth-order valence-electron chi connectivity index (χ4n) is 0.950. The molecule has 0 aliphatic heterocycles. The third-order valence-corrected chi connectivity index (χ3v) is 3.52. The predicted octanol–water partition coefficient (Wildman–Crippen LogP) is 2.02. The van der Waals surface area contributed by atoms with Crippen LogP contribution in [-0.2, 0) is 4.79 Å². The minimum atomic E-state index is -0.811. The molecule has 52 valence electrons. The van der Waals surface area contributed by atoms with Crippen LogP contribution in [0.5, 0.6) is 0 Å². The summed E-state index contributed by atoms with van der Waals surface area (Å²) in [5.41, 5.74) is -0.224. The summed E-state index contributed by atoms with van der Waals surface area (Å²) >= 11 is 11.5. The molecule has 9 heavy (non-hydrogen) atoms.